The predicted molar refractivity (Wildman–Crippen MR) is 89.8 cm³/mol. The number of carbonyl (C=O) groups is 2. The molecule has 0 fully saturated rings. The lowest BCUT2D eigenvalue weighted by Gasteiger charge is -2.13. The van der Waals surface area contributed by atoms with Gasteiger partial charge in [-0.1, -0.05) is 0 Å². The average molecular weight is 409 g/mol. The first-order chi connectivity index (χ1) is 13.7. The molecule has 0 atom stereocenters. The van der Waals surface area contributed by atoms with Crippen LogP contribution in [0.5, 0.6) is 0 Å². The Morgan fingerprint density at radius 2 is 1.90 bits per heavy atom. The molecule has 2 aromatic heterocycles. The summed E-state index contributed by atoms with van der Waals surface area (Å²) in [6, 6.07) is 4.63. The number of carbonyl (C=O) groups excluding carboxylic acids is 2. The summed E-state index contributed by atoms with van der Waals surface area (Å²) in [6.45, 7) is 0. The molecule has 0 aliphatic carbocycles. The molecule has 0 aliphatic heterocycles. The molecule has 0 bridgehead atoms. The molecule has 8 nitrogen and oxygen atoms in total. The summed E-state index contributed by atoms with van der Waals surface area (Å²) in [5.74, 6) is -2.54. The zero-order valence-electron chi connectivity index (χ0n) is 14.6. The minimum atomic E-state index is -4.69. The normalized spacial score (nSPS) is 11.2. The van der Waals surface area contributed by atoms with Gasteiger partial charge in [0.05, 0.1) is 30.1 Å². The molecular weight excluding hydrogens is 398 g/mol. The Kier molecular flexibility index (Phi) is 5.26. The van der Waals surface area contributed by atoms with Gasteiger partial charge in [0.15, 0.2) is 11.5 Å². The highest BCUT2D eigenvalue weighted by Gasteiger charge is 2.32. The maximum atomic E-state index is 13.5. The Morgan fingerprint density at radius 3 is 2.45 bits per heavy atom. The summed E-state index contributed by atoms with van der Waals surface area (Å²) in [6.07, 6.45) is -2.60. The molecule has 150 valence electrons. The number of anilines is 1. The number of ether oxygens (including phenoxy) is 1. The van der Waals surface area contributed by atoms with Crippen LogP contribution in [0.25, 0.3) is 5.82 Å². The minimum absolute atomic E-state index is 0.0332. The standard InChI is InChI=1S/C17H11F4N5O3/c1-29-16(28)10-3-2-9(17(19,20)21)6-12(10)23-15(27)11-4-5-14(25-24-11)26-8-22-7-13(26)18/h2-8H,1H3,(H,23,27). The third-order valence-corrected chi connectivity index (χ3v) is 3.72. The van der Waals surface area contributed by atoms with Crippen molar-refractivity contribution in [1.29, 1.82) is 0 Å². The Labute approximate surface area is 160 Å². The van der Waals surface area contributed by atoms with E-state index in [0.717, 1.165) is 30.3 Å². The van der Waals surface area contributed by atoms with Crippen LogP contribution in [0.1, 0.15) is 26.4 Å². The lowest BCUT2D eigenvalue weighted by Crippen LogP contribution is -2.18. The highest BCUT2D eigenvalue weighted by atomic mass is 19.4. The van der Waals surface area contributed by atoms with E-state index in [1.54, 1.807) is 0 Å². The fourth-order valence-electron chi connectivity index (χ4n) is 2.32. The number of nitrogens with zero attached hydrogens (tertiary/aromatic N) is 4. The molecule has 3 rings (SSSR count). The molecule has 0 saturated carbocycles. The van der Waals surface area contributed by atoms with Crippen molar-refractivity contribution in [2.45, 2.75) is 6.18 Å². The lowest BCUT2D eigenvalue weighted by atomic mass is 10.1. The minimum Gasteiger partial charge on any atom is -0.465 e. The van der Waals surface area contributed by atoms with Crippen LogP contribution in [-0.4, -0.2) is 38.7 Å². The van der Waals surface area contributed by atoms with Crippen molar-refractivity contribution in [3.63, 3.8) is 0 Å². The van der Waals surface area contributed by atoms with E-state index in [9.17, 15) is 27.2 Å². The smallest absolute Gasteiger partial charge is 0.416 e. The highest BCUT2D eigenvalue weighted by molar-refractivity contribution is 6.07. The number of hydrogen-bond donors (Lipinski definition) is 1. The van der Waals surface area contributed by atoms with Gasteiger partial charge in [-0.25, -0.2) is 9.78 Å². The number of nitrogens with one attached hydrogen (secondary N) is 1. The molecule has 1 N–H and O–H groups in total. The van der Waals surface area contributed by atoms with E-state index in [-0.39, 0.29) is 17.1 Å². The molecule has 3 aromatic rings. The number of benzene rings is 1. The Bertz CT molecular complexity index is 1060. The second-order valence-corrected chi connectivity index (χ2v) is 5.57. The molecule has 0 aliphatic rings. The predicted octanol–water partition coefficient (Wildman–Crippen LogP) is 2.86. The second-order valence-electron chi connectivity index (χ2n) is 5.57. The van der Waals surface area contributed by atoms with Crippen LogP contribution < -0.4 is 5.32 Å². The summed E-state index contributed by atoms with van der Waals surface area (Å²) in [5, 5.41) is 9.48. The zero-order valence-corrected chi connectivity index (χ0v) is 14.6. The van der Waals surface area contributed by atoms with Crippen LogP contribution in [-0.2, 0) is 10.9 Å². The summed E-state index contributed by atoms with van der Waals surface area (Å²) >= 11 is 0. The molecule has 12 heteroatoms. The monoisotopic (exact) mass is 409 g/mol. The van der Waals surface area contributed by atoms with E-state index >= 15 is 0 Å². The summed E-state index contributed by atoms with van der Waals surface area (Å²) in [5.41, 5.74) is -2.04. The summed E-state index contributed by atoms with van der Waals surface area (Å²) in [7, 11) is 1.05. The van der Waals surface area contributed by atoms with Gasteiger partial charge in [-0.2, -0.15) is 17.6 Å². The number of imidazole rings is 1. The quantitative estimate of drug-likeness (QED) is 0.526. The van der Waals surface area contributed by atoms with Gasteiger partial charge in [0.25, 0.3) is 5.91 Å². The Balaban J connectivity index is 1.89. The number of aromatic nitrogens is 4. The highest BCUT2D eigenvalue weighted by Crippen LogP contribution is 2.32. The first-order valence-corrected chi connectivity index (χ1v) is 7.83. The maximum Gasteiger partial charge on any atom is 0.416 e. The zero-order chi connectivity index (χ0) is 21.2. The van der Waals surface area contributed by atoms with Crippen molar-refractivity contribution in [2.75, 3.05) is 12.4 Å². The molecule has 0 unspecified atom stereocenters. The molecule has 0 saturated heterocycles. The molecule has 0 radical (unpaired) electrons. The first-order valence-electron chi connectivity index (χ1n) is 7.83. The van der Waals surface area contributed by atoms with Gasteiger partial charge >= 0.3 is 12.1 Å². The lowest BCUT2D eigenvalue weighted by molar-refractivity contribution is -0.137. The number of esters is 1. The van der Waals surface area contributed by atoms with Crippen LogP contribution in [0.15, 0.2) is 42.9 Å². The van der Waals surface area contributed by atoms with Crippen molar-refractivity contribution >= 4 is 17.6 Å². The Morgan fingerprint density at radius 1 is 1.14 bits per heavy atom. The third kappa shape index (κ3) is 4.20. The number of hydrogen-bond acceptors (Lipinski definition) is 6. The Hall–Kier alpha value is -3.83. The average Bonchev–Trinajstić information content (AvgIpc) is 3.12. The molecule has 2 heterocycles. The van der Waals surface area contributed by atoms with E-state index < -0.39 is 35.3 Å². The van der Waals surface area contributed by atoms with Crippen molar-refractivity contribution in [1.82, 2.24) is 19.7 Å². The van der Waals surface area contributed by atoms with Crippen molar-refractivity contribution in [3.8, 4) is 5.82 Å². The largest absolute Gasteiger partial charge is 0.465 e. The van der Waals surface area contributed by atoms with Crippen LogP contribution >= 0.6 is 0 Å². The summed E-state index contributed by atoms with van der Waals surface area (Å²) < 4.78 is 57.9. The third-order valence-electron chi connectivity index (χ3n) is 3.72. The van der Waals surface area contributed by atoms with Gasteiger partial charge < -0.3 is 10.1 Å². The van der Waals surface area contributed by atoms with Crippen LogP contribution in [0, 0.1) is 5.95 Å². The number of amides is 1. The number of methoxy groups -OCH3 is 1. The van der Waals surface area contributed by atoms with Gasteiger partial charge in [-0.15, -0.1) is 10.2 Å². The van der Waals surface area contributed by atoms with E-state index in [4.69, 9.17) is 0 Å². The van der Waals surface area contributed by atoms with Gasteiger partial charge in [-0.3, -0.25) is 9.36 Å². The van der Waals surface area contributed by atoms with E-state index in [1.165, 1.54) is 12.1 Å². The van der Waals surface area contributed by atoms with E-state index in [0.29, 0.717) is 12.1 Å². The number of alkyl halides is 3. The summed E-state index contributed by atoms with van der Waals surface area (Å²) in [4.78, 5) is 27.7. The van der Waals surface area contributed by atoms with Gasteiger partial charge in [-0.05, 0) is 30.3 Å². The van der Waals surface area contributed by atoms with Gasteiger partial charge in [0.1, 0.15) is 6.33 Å². The van der Waals surface area contributed by atoms with Gasteiger partial charge in [0, 0.05) is 0 Å². The molecule has 1 amide bonds. The number of rotatable bonds is 4. The van der Waals surface area contributed by atoms with Gasteiger partial charge in [0.2, 0.25) is 5.95 Å². The number of halogens is 4. The first kappa shape index (κ1) is 19.9. The topological polar surface area (TPSA) is 99.0 Å². The molecule has 1 aromatic carbocycles. The van der Waals surface area contributed by atoms with Crippen LogP contribution in [0.2, 0.25) is 0 Å². The molecule has 29 heavy (non-hydrogen) atoms. The van der Waals surface area contributed by atoms with Crippen LogP contribution in [0.4, 0.5) is 23.2 Å². The molecular formula is C17H11F4N5O3. The molecule has 0 spiro atoms. The van der Waals surface area contributed by atoms with E-state index in [1.807, 2.05) is 0 Å². The van der Waals surface area contributed by atoms with Crippen molar-refractivity contribution in [2.24, 2.45) is 0 Å². The van der Waals surface area contributed by atoms with Crippen molar-refractivity contribution < 1.29 is 31.9 Å². The van der Waals surface area contributed by atoms with Crippen LogP contribution in [0.3, 0.4) is 0 Å². The fraction of sp³-hybridized carbons (Fsp3) is 0.118. The second kappa shape index (κ2) is 7.66. The maximum absolute atomic E-state index is 13.5. The van der Waals surface area contributed by atoms with Crippen molar-refractivity contribution in [3.05, 3.63) is 65.6 Å². The van der Waals surface area contributed by atoms with E-state index in [2.05, 4.69) is 25.2 Å². The fourth-order valence-corrected chi connectivity index (χ4v) is 2.32. The SMILES string of the molecule is COC(=O)c1ccc(C(F)(F)F)cc1NC(=O)c1ccc(-n2cncc2F)nn1.